The average Bonchev–Trinajstić information content (AvgIpc) is 3.11. The molecular formula is C21H25F3N4O2. The quantitative estimate of drug-likeness (QED) is 0.769. The highest BCUT2D eigenvalue weighted by molar-refractivity contribution is 5.90. The Hall–Kier alpha value is -2.84. The first kappa shape index (κ1) is 21.9. The van der Waals surface area contributed by atoms with Crippen molar-refractivity contribution in [2.75, 3.05) is 18.4 Å². The molecule has 2 heterocycles. The normalized spacial score (nSPS) is 17.1. The van der Waals surface area contributed by atoms with E-state index in [2.05, 4.69) is 10.4 Å². The van der Waals surface area contributed by atoms with Crippen LogP contribution in [0.1, 0.15) is 36.9 Å². The van der Waals surface area contributed by atoms with E-state index in [4.69, 9.17) is 0 Å². The number of rotatable bonds is 6. The van der Waals surface area contributed by atoms with Crippen molar-refractivity contribution in [3.05, 3.63) is 47.8 Å². The first-order chi connectivity index (χ1) is 14.2. The van der Waals surface area contributed by atoms with Crippen molar-refractivity contribution in [2.24, 2.45) is 5.92 Å². The fourth-order valence-corrected chi connectivity index (χ4v) is 3.62. The van der Waals surface area contributed by atoms with Gasteiger partial charge in [-0.2, -0.15) is 18.3 Å². The van der Waals surface area contributed by atoms with Crippen LogP contribution in [0.4, 0.5) is 18.9 Å². The van der Waals surface area contributed by atoms with Gasteiger partial charge >= 0.3 is 6.18 Å². The van der Waals surface area contributed by atoms with Crippen LogP contribution < -0.4 is 5.32 Å². The van der Waals surface area contributed by atoms with Crippen LogP contribution in [-0.4, -0.2) is 39.6 Å². The maximum absolute atomic E-state index is 12.6. The van der Waals surface area contributed by atoms with Gasteiger partial charge in [0.2, 0.25) is 11.8 Å². The molecular weight excluding hydrogens is 397 g/mol. The van der Waals surface area contributed by atoms with E-state index in [9.17, 15) is 22.8 Å². The summed E-state index contributed by atoms with van der Waals surface area (Å²) >= 11 is 0. The molecule has 2 amide bonds. The lowest BCUT2D eigenvalue weighted by Crippen LogP contribution is -2.41. The van der Waals surface area contributed by atoms with E-state index in [1.54, 1.807) is 10.9 Å². The van der Waals surface area contributed by atoms with Crippen LogP contribution >= 0.6 is 0 Å². The van der Waals surface area contributed by atoms with Gasteiger partial charge in [0, 0.05) is 31.4 Å². The van der Waals surface area contributed by atoms with Gasteiger partial charge in [-0.1, -0.05) is 0 Å². The molecule has 1 saturated heterocycles. The molecule has 1 N–H and O–H groups in total. The second-order valence-electron chi connectivity index (χ2n) is 7.66. The summed E-state index contributed by atoms with van der Waals surface area (Å²) in [6.07, 6.45) is 0.0831. The van der Waals surface area contributed by atoms with E-state index in [0.29, 0.717) is 25.2 Å². The average molecular weight is 422 g/mol. The van der Waals surface area contributed by atoms with E-state index >= 15 is 0 Å². The molecule has 162 valence electrons. The molecule has 0 aliphatic carbocycles. The highest BCUT2D eigenvalue weighted by atomic mass is 19.4. The molecule has 6 nitrogen and oxygen atoms in total. The number of benzene rings is 1. The summed E-state index contributed by atoms with van der Waals surface area (Å²) in [4.78, 5) is 26.5. The molecule has 2 aromatic rings. The van der Waals surface area contributed by atoms with Crippen LogP contribution in [0, 0.1) is 12.8 Å². The Kier molecular flexibility index (Phi) is 6.79. The molecule has 1 aliphatic rings. The number of carbonyl (C=O) groups is 2. The maximum Gasteiger partial charge on any atom is 0.416 e. The van der Waals surface area contributed by atoms with Crippen molar-refractivity contribution in [3.63, 3.8) is 0 Å². The van der Waals surface area contributed by atoms with Crippen LogP contribution in [0.25, 0.3) is 0 Å². The molecule has 0 saturated carbocycles. The van der Waals surface area contributed by atoms with Crippen LogP contribution in [0.2, 0.25) is 0 Å². The predicted molar refractivity (Wildman–Crippen MR) is 106 cm³/mol. The number of aromatic nitrogens is 2. The Morgan fingerprint density at radius 1 is 1.20 bits per heavy atom. The molecule has 0 unspecified atom stereocenters. The summed E-state index contributed by atoms with van der Waals surface area (Å²) in [5.74, 6) is -0.0114. The highest BCUT2D eigenvalue weighted by Gasteiger charge is 2.30. The van der Waals surface area contributed by atoms with E-state index in [1.165, 1.54) is 12.1 Å². The van der Waals surface area contributed by atoms with Crippen LogP contribution in [0.15, 0.2) is 36.5 Å². The second-order valence-corrected chi connectivity index (χ2v) is 7.66. The van der Waals surface area contributed by atoms with Crippen LogP contribution in [-0.2, 0) is 22.3 Å². The van der Waals surface area contributed by atoms with Gasteiger partial charge in [0.1, 0.15) is 6.54 Å². The summed E-state index contributed by atoms with van der Waals surface area (Å²) in [5.41, 5.74) is 0.444. The van der Waals surface area contributed by atoms with Crippen molar-refractivity contribution >= 4 is 17.5 Å². The van der Waals surface area contributed by atoms with Crippen molar-refractivity contribution in [2.45, 2.75) is 45.3 Å². The van der Waals surface area contributed by atoms with Crippen LogP contribution in [0.5, 0.6) is 0 Å². The summed E-state index contributed by atoms with van der Waals surface area (Å²) in [5, 5.41) is 6.87. The Balaban J connectivity index is 1.44. The van der Waals surface area contributed by atoms with Gasteiger partial charge in [-0.15, -0.1) is 0 Å². The Bertz CT molecular complexity index is 877. The molecule has 0 bridgehead atoms. The molecule has 0 radical (unpaired) electrons. The summed E-state index contributed by atoms with van der Waals surface area (Å²) in [7, 11) is 0. The molecule has 1 fully saturated rings. The van der Waals surface area contributed by atoms with Gasteiger partial charge in [0.25, 0.3) is 0 Å². The predicted octanol–water partition coefficient (Wildman–Crippen LogP) is 3.87. The minimum atomic E-state index is -4.40. The molecule has 1 aromatic carbocycles. The fourth-order valence-electron chi connectivity index (χ4n) is 3.62. The standard InChI is InChI=1S/C21H25F3N4O2/c1-15-10-12-28(26-15)14-20(30)27-11-2-3-16(13-27)4-9-19(29)25-18-7-5-17(6-8-18)21(22,23)24/h5-8,10,12,16H,2-4,9,11,13-14H2,1H3,(H,25,29)/t16-/m0/s1. The van der Waals surface area contributed by atoms with Gasteiger partial charge in [0.15, 0.2) is 0 Å². The number of amides is 2. The lowest BCUT2D eigenvalue weighted by atomic mass is 9.93. The monoisotopic (exact) mass is 422 g/mol. The van der Waals surface area contributed by atoms with Gasteiger partial charge < -0.3 is 10.2 Å². The molecule has 30 heavy (non-hydrogen) atoms. The minimum absolute atomic E-state index is 0.0111. The van der Waals surface area contributed by atoms with E-state index in [-0.39, 0.29) is 30.7 Å². The minimum Gasteiger partial charge on any atom is -0.341 e. The maximum atomic E-state index is 12.6. The third kappa shape index (κ3) is 6.08. The molecule has 9 heteroatoms. The van der Waals surface area contributed by atoms with E-state index in [1.807, 2.05) is 17.9 Å². The number of halogens is 3. The molecule has 1 atom stereocenters. The molecule has 1 aliphatic heterocycles. The topological polar surface area (TPSA) is 67.2 Å². The van der Waals surface area contributed by atoms with Gasteiger partial charge in [0.05, 0.1) is 11.3 Å². The number of piperidine rings is 1. The van der Waals surface area contributed by atoms with Crippen molar-refractivity contribution < 1.29 is 22.8 Å². The number of likely N-dealkylation sites (tertiary alicyclic amines) is 1. The number of hydrogen-bond donors (Lipinski definition) is 1. The van der Waals surface area contributed by atoms with Crippen molar-refractivity contribution in [1.82, 2.24) is 14.7 Å². The van der Waals surface area contributed by atoms with E-state index in [0.717, 1.165) is 30.7 Å². The summed E-state index contributed by atoms with van der Waals surface area (Å²) in [6, 6.07) is 6.24. The highest BCUT2D eigenvalue weighted by Crippen LogP contribution is 2.30. The largest absolute Gasteiger partial charge is 0.416 e. The number of hydrogen-bond acceptors (Lipinski definition) is 3. The molecule has 1 aromatic heterocycles. The Morgan fingerprint density at radius 3 is 2.57 bits per heavy atom. The first-order valence-electron chi connectivity index (χ1n) is 9.95. The number of anilines is 1. The van der Waals surface area contributed by atoms with Gasteiger partial charge in [-0.3, -0.25) is 14.3 Å². The first-order valence-corrected chi connectivity index (χ1v) is 9.95. The fraction of sp³-hybridized carbons (Fsp3) is 0.476. The van der Waals surface area contributed by atoms with Gasteiger partial charge in [-0.05, 0) is 62.4 Å². The Morgan fingerprint density at radius 2 is 1.93 bits per heavy atom. The van der Waals surface area contributed by atoms with Crippen LogP contribution in [0.3, 0.4) is 0 Å². The summed E-state index contributed by atoms with van der Waals surface area (Å²) in [6.45, 7) is 3.38. The lowest BCUT2D eigenvalue weighted by molar-refractivity contribution is -0.137. The van der Waals surface area contributed by atoms with Crippen molar-refractivity contribution in [3.8, 4) is 0 Å². The zero-order valence-corrected chi connectivity index (χ0v) is 16.8. The number of carbonyl (C=O) groups excluding carboxylic acids is 2. The van der Waals surface area contributed by atoms with E-state index < -0.39 is 11.7 Å². The zero-order chi connectivity index (χ0) is 21.7. The number of alkyl halides is 3. The van der Waals surface area contributed by atoms with Gasteiger partial charge in [-0.25, -0.2) is 0 Å². The number of nitrogens with one attached hydrogen (secondary N) is 1. The smallest absolute Gasteiger partial charge is 0.341 e. The molecule has 0 spiro atoms. The summed E-state index contributed by atoms with van der Waals surface area (Å²) < 4.78 is 39.4. The zero-order valence-electron chi connectivity index (χ0n) is 16.8. The Labute approximate surface area is 173 Å². The third-order valence-corrected chi connectivity index (χ3v) is 5.22. The molecule has 3 rings (SSSR count). The SMILES string of the molecule is Cc1ccn(CC(=O)N2CCC[C@@H](CCC(=O)Nc3ccc(C(F)(F)F)cc3)C2)n1. The number of aryl methyl sites for hydroxylation is 1. The second kappa shape index (κ2) is 9.32. The third-order valence-electron chi connectivity index (χ3n) is 5.22. The lowest BCUT2D eigenvalue weighted by Gasteiger charge is -2.32. The van der Waals surface area contributed by atoms with Crippen molar-refractivity contribution in [1.29, 1.82) is 0 Å². The number of nitrogens with zero attached hydrogens (tertiary/aromatic N) is 3.